The van der Waals surface area contributed by atoms with Gasteiger partial charge in [-0.05, 0) is 24.6 Å². The first kappa shape index (κ1) is 18.4. The first-order chi connectivity index (χ1) is 12.6. The van der Waals surface area contributed by atoms with Crippen molar-refractivity contribution in [2.75, 3.05) is 18.1 Å². The number of aryl methyl sites for hydroxylation is 1. The Labute approximate surface area is 161 Å². The monoisotopic (exact) mass is 384 g/mol. The number of thioether (sulfide) groups is 1. The second-order valence-electron chi connectivity index (χ2n) is 5.89. The van der Waals surface area contributed by atoms with Gasteiger partial charge in [-0.1, -0.05) is 71.1 Å². The normalized spacial score (nSPS) is 10.5. The van der Waals surface area contributed by atoms with Crippen molar-refractivity contribution in [3.05, 3.63) is 65.7 Å². The van der Waals surface area contributed by atoms with E-state index in [1.165, 1.54) is 28.7 Å². The van der Waals surface area contributed by atoms with E-state index >= 15 is 0 Å². The molecule has 1 aromatic heterocycles. The van der Waals surface area contributed by atoms with Crippen LogP contribution in [0.15, 0.2) is 58.9 Å². The van der Waals surface area contributed by atoms with Crippen LogP contribution < -0.4 is 5.32 Å². The number of hydrogen-bond donors (Lipinski definition) is 1. The van der Waals surface area contributed by atoms with Gasteiger partial charge in [-0.25, -0.2) is 0 Å². The van der Waals surface area contributed by atoms with Gasteiger partial charge in [-0.2, -0.15) is 0 Å². The molecule has 0 unspecified atom stereocenters. The number of carbonyl (C=O) groups excluding carboxylic acids is 1. The number of anilines is 2. The lowest BCUT2D eigenvalue weighted by Crippen LogP contribution is -2.27. The van der Waals surface area contributed by atoms with Gasteiger partial charge < -0.3 is 10.2 Å². The molecule has 0 saturated carbocycles. The molecule has 0 fully saturated rings. The maximum Gasteiger partial charge on any atom is 0.233 e. The Morgan fingerprint density at radius 1 is 1.12 bits per heavy atom. The Morgan fingerprint density at radius 3 is 2.58 bits per heavy atom. The maximum atomic E-state index is 12.3. The number of benzene rings is 2. The topological polar surface area (TPSA) is 58.1 Å². The molecule has 2 aromatic carbocycles. The highest BCUT2D eigenvalue weighted by atomic mass is 32.2. The summed E-state index contributed by atoms with van der Waals surface area (Å²) in [6.07, 6.45) is 0. The minimum absolute atomic E-state index is 0.0714. The second-order valence-corrected chi connectivity index (χ2v) is 8.09. The fourth-order valence-corrected chi connectivity index (χ4v) is 3.97. The minimum atomic E-state index is 0.0714. The van der Waals surface area contributed by atoms with Crippen LogP contribution in [0.1, 0.15) is 11.1 Å². The van der Waals surface area contributed by atoms with Crippen molar-refractivity contribution in [2.45, 2.75) is 17.8 Å². The van der Waals surface area contributed by atoms with Crippen molar-refractivity contribution in [3.8, 4) is 0 Å². The molecule has 0 radical (unpaired) electrons. The standard InChI is InChI=1S/C19H20N4OS2/c1-14-8-10-16(11-9-14)20-18-21-22-19(26-18)25-13-17(24)23(2)12-15-6-4-3-5-7-15/h3-11H,12-13H2,1-2H3,(H,20,21). The molecule has 5 nitrogen and oxygen atoms in total. The van der Waals surface area contributed by atoms with Crippen LogP contribution in [0.5, 0.6) is 0 Å². The largest absolute Gasteiger partial charge is 0.341 e. The van der Waals surface area contributed by atoms with E-state index in [0.717, 1.165) is 20.7 Å². The molecule has 3 rings (SSSR count). The van der Waals surface area contributed by atoms with Crippen molar-refractivity contribution >= 4 is 39.8 Å². The van der Waals surface area contributed by atoms with Gasteiger partial charge >= 0.3 is 0 Å². The lowest BCUT2D eigenvalue weighted by atomic mass is 10.2. The molecule has 134 valence electrons. The van der Waals surface area contributed by atoms with E-state index in [1.54, 1.807) is 4.90 Å². The fraction of sp³-hybridized carbons (Fsp3) is 0.211. The summed E-state index contributed by atoms with van der Waals surface area (Å²) in [5.41, 5.74) is 3.30. The average molecular weight is 385 g/mol. The summed E-state index contributed by atoms with van der Waals surface area (Å²) in [4.78, 5) is 14.0. The third-order valence-electron chi connectivity index (χ3n) is 3.72. The molecule has 1 N–H and O–H groups in total. The van der Waals surface area contributed by atoms with Crippen molar-refractivity contribution in [1.82, 2.24) is 15.1 Å². The summed E-state index contributed by atoms with van der Waals surface area (Å²) in [5.74, 6) is 0.421. The number of aromatic nitrogens is 2. The first-order valence-electron chi connectivity index (χ1n) is 8.18. The van der Waals surface area contributed by atoms with Crippen LogP contribution >= 0.6 is 23.1 Å². The van der Waals surface area contributed by atoms with E-state index in [-0.39, 0.29) is 5.91 Å². The summed E-state index contributed by atoms with van der Waals surface area (Å²) >= 11 is 2.86. The number of hydrogen-bond acceptors (Lipinski definition) is 6. The van der Waals surface area contributed by atoms with E-state index in [2.05, 4.69) is 22.4 Å². The molecule has 0 saturated heterocycles. The van der Waals surface area contributed by atoms with Crippen LogP contribution in [-0.2, 0) is 11.3 Å². The molecule has 7 heteroatoms. The predicted octanol–water partition coefficient (Wildman–Crippen LogP) is 4.34. The molecule has 26 heavy (non-hydrogen) atoms. The van der Waals surface area contributed by atoms with E-state index in [1.807, 2.05) is 61.6 Å². The van der Waals surface area contributed by atoms with Gasteiger partial charge in [0, 0.05) is 19.3 Å². The number of nitrogens with one attached hydrogen (secondary N) is 1. The Hall–Kier alpha value is -2.38. The zero-order valence-corrected chi connectivity index (χ0v) is 16.3. The van der Waals surface area contributed by atoms with Gasteiger partial charge in [0.15, 0.2) is 4.34 Å². The Bertz CT molecular complexity index is 849. The Kier molecular flexibility index (Phi) is 6.25. The van der Waals surface area contributed by atoms with Crippen LogP contribution in [0.25, 0.3) is 0 Å². The first-order valence-corrected chi connectivity index (χ1v) is 9.98. The number of rotatable bonds is 7. The van der Waals surface area contributed by atoms with Gasteiger partial charge in [0.2, 0.25) is 11.0 Å². The van der Waals surface area contributed by atoms with Crippen molar-refractivity contribution in [3.63, 3.8) is 0 Å². The summed E-state index contributed by atoms with van der Waals surface area (Å²) in [6, 6.07) is 18.1. The highest BCUT2D eigenvalue weighted by Gasteiger charge is 2.12. The van der Waals surface area contributed by atoms with Crippen LogP contribution in [-0.4, -0.2) is 33.8 Å². The van der Waals surface area contributed by atoms with Crippen LogP contribution in [0.3, 0.4) is 0 Å². The lowest BCUT2D eigenvalue weighted by molar-refractivity contribution is -0.127. The van der Waals surface area contributed by atoms with Crippen molar-refractivity contribution in [1.29, 1.82) is 0 Å². The van der Waals surface area contributed by atoms with E-state index in [0.29, 0.717) is 12.3 Å². The summed E-state index contributed by atoms with van der Waals surface area (Å²) in [6.45, 7) is 2.66. The lowest BCUT2D eigenvalue weighted by Gasteiger charge is -2.16. The Morgan fingerprint density at radius 2 is 1.85 bits per heavy atom. The molecule has 0 aliphatic rings. The van der Waals surface area contributed by atoms with Crippen LogP contribution in [0.2, 0.25) is 0 Å². The molecular formula is C19H20N4OS2. The van der Waals surface area contributed by atoms with Crippen LogP contribution in [0, 0.1) is 6.92 Å². The van der Waals surface area contributed by atoms with Crippen LogP contribution in [0.4, 0.5) is 10.8 Å². The van der Waals surface area contributed by atoms with Gasteiger partial charge in [0.05, 0.1) is 5.75 Å². The van der Waals surface area contributed by atoms with Gasteiger partial charge in [0.25, 0.3) is 0 Å². The fourth-order valence-electron chi connectivity index (χ4n) is 2.26. The van der Waals surface area contributed by atoms with E-state index in [9.17, 15) is 4.79 Å². The second kappa shape index (κ2) is 8.82. The van der Waals surface area contributed by atoms with Gasteiger partial charge in [0.1, 0.15) is 0 Å². The molecule has 0 aliphatic carbocycles. The zero-order chi connectivity index (χ0) is 18.4. The molecular weight excluding hydrogens is 364 g/mol. The molecule has 1 heterocycles. The Balaban J connectivity index is 1.49. The minimum Gasteiger partial charge on any atom is -0.341 e. The smallest absolute Gasteiger partial charge is 0.233 e. The highest BCUT2D eigenvalue weighted by molar-refractivity contribution is 8.01. The number of nitrogens with zero attached hydrogens (tertiary/aromatic N) is 3. The predicted molar refractivity (Wildman–Crippen MR) is 108 cm³/mol. The molecule has 1 amide bonds. The van der Waals surface area contributed by atoms with E-state index in [4.69, 9.17) is 0 Å². The van der Waals surface area contributed by atoms with E-state index < -0.39 is 0 Å². The third kappa shape index (κ3) is 5.31. The summed E-state index contributed by atoms with van der Waals surface area (Å²) in [7, 11) is 1.82. The number of amides is 1. The molecule has 0 spiro atoms. The SMILES string of the molecule is Cc1ccc(Nc2nnc(SCC(=O)N(C)Cc3ccccc3)s2)cc1. The van der Waals surface area contributed by atoms with Crippen molar-refractivity contribution in [2.24, 2.45) is 0 Å². The highest BCUT2D eigenvalue weighted by Crippen LogP contribution is 2.27. The number of carbonyl (C=O) groups is 1. The zero-order valence-electron chi connectivity index (χ0n) is 14.7. The molecule has 0 aliphatic heterocycles. The third-order valence-corrected chi connectivity index (χ3v) is 5.67. The maximum absolute atomic E-state index is 12.3. The summed E-state index contributed by atoms with van der Waals surface area (Å²) < 4.78 is 0.779. The van der Waals surface area contributed by atoms with Gasteiger partial charge in [-0.15, -0.1) is 10.2 Å². The van der Waals surface area contributed by atoms with Gasteiger partial charge in [-0.3, -0.25) is 4.79 Å². The molecule has 3 aromatic rings. The summed E-state index contributed by atoms with van der Waals surface area (Å²) in [5, 5.41) is 12.2. The van der Waals surface area contributed by atoms with Crippen molar-refractivity contribution < 1.29 is 4.79 Å². The quantitative estimate of drug-likeness (QED) is 0.614. The average Bonchev–Trinajstić information content (AvgIpc) is 3.10. The molecule has 0 bridgehead atoms. The molecule has 0 atom stereocenters.